The van der Waals surface area contributed by atoms with Gasteiger partial charge in [0.05, 0.1) is 25.2 Å². The van der Waals surface area contributed by atoms with E-state index in [0.717, 1.165) is 36.6 Å². The number of hydrogen-bond donors (Lipinski definition) is 1. The molecule has 0 radical (unpaired) electrons. The van der Waals surface area contributed by atoms with E-state index in [2.05, 4.69) is 19.8 Å². The summed E-state index contributed by atoms with van der Waals surface area (Å²) in [6.45, 7) is 6.06. The number of nitrogens with one attached hydrogen (secondary N) is 1. The molecule has 1 N–H and O–H groups in total. The van der Waals surface area contributed by atoms with Crippen molar-refractivity contribution in [2.24, 2.45) is 0 Å². The van der Waals surface area contributed by atoms with Crippen LogP contribution in [0.15, 0.2) is 36.8 Å². The average molecular weight is 314 g/mol. The molecule has 23 heavy (non-hydrogen) atoms. The maximum atomic E-state index is 12.1. The fourth-order valence-corrected chi connectivity index (χ4v) is 2.74. The van der Waals surface area contributed by atoms with Gasteiger partial charge in [0.15, 0.2) is 0 Å². The molecule has 122 valence electrons. The van der Waals surface area contributed by atoms with Crippen molar-refractivity contribution < 1.29 is 9.53 Å². The molecule has 0 unspecified atom stereocenters. The monoisotopic (exact) mass is 314 g/mol. The number of fused-ring (bicyclic) bond motifs is 1. The van der Waals surface area contributed by atoms with Crippen molar-refractivity contribution in [3.8, 4) is 5.75 Å². The van der Waals surface area contributed by atoms with Gasteiger partial charge in [-0.2, -0.15) is 0 Å². The quantitative estimate of drug-likeness (QED) is 0.876. The number of nitrogens with zero attached hydrogens (tertiary/aromatic N) is 3. The molecule has 0 atom stereocenters. The Morgan fingerprint density at radius 3 is 3.17 bits per heavy atom. The highest BCUT2D eigenvalue weighted by molar-refractivity contribution is 5.78. The van der Waals surface area contributed by atoms with E-state index in [1.807, 2.05) is 43.7 Å². The summed E-state index contributed by atoms with van der Waals surface area (Å²) in [6, 6.07) is 7.81. The SMILES string of the molecule is CCOc1cccc(CNC(=O)CN2CCn3cncc3C2)c1. The lowest BCUT2D eigenvalue weighted by Crippen LogP contribution is -2.40. The van der Waals surface area contributed by atoms with E-state index in [9.17, 15) is 4.79 Å². The number of rotatable bonds is 6. The third-order valence-electron chi connectivity index (χ3n) is 3.91. The smallest absolute Gasteiger partial charge is 0.234 e. The Bertz CT molecular complexity index is 668. The van der Waals surface area contributed by atoms with Crippen LogP contribution in [-0.4, -0.2) is 40.1 Å². The van der Waals surface area contributed by atoms with E-state index in [4.69, 9.17) is 4.74 Å². The van der Waals surface area contributed by atoms with Crippen molar-refractivity contribution in [1.82, 2.24) is 19.8 Å². The van der Waals surface area contributed by atoms with Crippen molar-refractivity contribution in [2.45, 2.75) is 26.6 Å². The molecule has 0 saturated carbocycles. The Kier molecular flexibility index (Phi) is 4.92. The second kappa shape index (κ2) is 7.28. The minimum absolute atomic E-state index is 0.0415. The zero-order chi connectivity index (χ0) is 16.1. The first-order chi connectivity index (χ1) is 11.2. The molecule has 3 rings (SSSR count). The predicted molar refractivity (Wildman–Crippen MR) is 87.0 cm³/mol. The van der Waals surface area contributed by atoms with Crippen LogP contribution in [0.2, 0.25) is 0 Å². The Morgan fingerprint density at radius 2 is 2.30 bits per heavy atom. The topological polar surface area (TPSA) is 59.4 Å². The fourth-order valence-electron chi connectivity index (χ4n) is 2.74. The van der Waals surface area contributed by atoms with Crippen LogP contribution in [0.5, 0.6) is 5.75 Å². The first kappa shape index (κ1) is 15.6. The van der Waals surface area contributed by atoms with Crippen LogP contribution >= 0.6 is 0 Å². The fraction of sp³-hybridized carbons (Fsp3) is 0.412. The molecular formula is C17H22N4O2. The summed E-state index contributed by atoms with van der Waals surface area (Å²) in [5.41, 5.74) is 2.20. The highest BCUT2D eigenvalue weighted by Crippen LogP contribution is 2.13. The van der Waals surface area contributed by atoms with Crippen LogP contribution in [0.3, 0.4) is 0 Å². The number of amides is 1. The van der Waals surface area contributed by atoms with Gasteiger partial charge < -0.3 is 14.6 Å². The van der Waals surface area contributed by atoms with Crippen molar-refractivity contribution in [2.75, 3.05) is 19.7 Å². The van der Waals surface area contributed by atoms with Crippen LogP contribution in [0.4, 0.5) is 0 Å². The number of benzene rings is 1. The molecule has 0 fully saturated rings. The number of hydrogen-bond acceptors (Lipinski definition) is 4. The van der Waals surface area contributed by atoms with Gasteiger partial charge in [0.1, 0.15) is 5.75 Å². The second-order valence-corrected chi connectivity index (χ2v) is 5.65. The first-order valence-electron chi connectivity index (χ1n) is 7.94. The second-order valence-electron chi connectivity index (χ2n) is 5.65. The predicted octanol–water partition coefficient (Wildman–Crippen LogP) is 1.41. The van der Waals surface area contributed by atoms with Crippen molar-refractivity contribution in [3.05, 3.63) is 48.0 Å². The first-order valence-corrected chi connectivity index (χ1v) is 7.94. The third-order valence-corrected chi connectivity index (χ3v) is 3.91. The summed E-state index contributed by atoms with van der Waals surface area (Å²) < 4.78 is 7.60. The average Bonchev–Trinajstić information content (AvgIpc) is 3.01. The van der Waals surface area contributed by atoms with Crippen LogP contribution in [-0.2, 0) is 24.4 Å². The molecule has 0 saturated heterocycles. The molecular weight excluding hydrogens is 292 g/mol. The molecule has 6 nitrogen and oxygen atoms in total. The molecule has 1 aliphatic heterocycles. The van der Waals surface area contributed by atoms with Gasteiger partial charge in [0.2, 0.25) is 5.91 Å². The van der Waals surface area contributed by atoms with E-state index < -0.39 is 0 Å². The summed E-state index contributed by atoms with van der Waals surface area (Å²) in [7, 11) is 0. The molecule has 0 aliphatic carbocycles. The number of carbonyl (C=O) groups excluding carboxylic acids is 1. The van der Waals surface area contributed by atoms with E-state index in [0.29, 0.717) is 19.7 Å². The zero-order valence-corrected chi connectivity index (χ0v) is 13.4. The van der Waals surface area contributed by atoms with E-state index >= 15 is 0 Å². The van der Waals surface area contributed by atoms with Crippen molar-refractivity contribution >= 4 is 5.91 Å². The number of imidazole rings is 1. The molecule has 0 bridgehead atoms. The van der Waals surface area contributed by atoms with Crippen molar-refractivity contribution in [3.63, 3.8) is 0 Å². The lowest BCUT2D eigenvalue weighted by molar-refractivity contribution is -0.122. The standard InChI is InChI=1S/C17H22N4O2/c1-2-23-16-5-3-4-14(8-16)9-19-17(22)12-20-6-7-21-13-18-10-15(21)11-20/h3-5,8,10,13H,2,6-7,9,11-12H2,1H3,(H,19,22). The Hall–Kier alpha value is -2.34. The Labute approximate surface area is 136 Å². The van der Waals surface area contributed by atoms with Gasteiger partial charge in [-0.3, -0.25) is 9.69 Å². The maximum absolute atomic E-state index is 12.1. The normalized spacial score (nSPS) is 14.3. The van der Waals surface area contributed by atoms with Gasteiger partial charge in [0.25, 0.3) is 0 Å². The molecule has 2 aromatic rings. The minimum atomic E-state index is 0.0415. The van der Waals surface area contributed by atoms with Crippen LogP contribution in [0.1, 0.15) is 18.2 Å². The summed E-state index contributed by atoms with van der Waals surface area (Å²) in [5, 5.41) is 2.97. The highest BCUT2D eigenvalue weighted by Gasteiger charge is 2.18. The lowest BCUT2D eigenvalue weighted by Gasteiger charge is -2.27. The molecule has 0 spiro atoms. The van der Waals surface area contributed by atoms with Gasteiger partial charge in [-0.25, -0.2) is 4.98 Å². The lowest BCUT2D eigenvalue weighted by atomic mass is 10.2. The van der Waals surface area contributed by atoms with Crippen LogP contribution in [0, 0.1) is 0 Å². The van der Waals surface area contributed by atoms with Crippen molar-refractivity contribution in [1.29, 1.82) is 0 Å². The minimum Gasteiger partial charge on any atom is -0.494 e. The number of carbonyl (C=O) groups is 1. The zero-order valence-electron chi connectivity index (χ0n) is 13.4. The van der Waals surface area contributed by atoms with Crippen LogP contribution < -0.4 is 10.1 Å². The van der Waals surface area contributed by atoms with E-state index in [1.165, 1.54) is 0 Å². The van der Waals surface area contributed by atoms with Crippen LogP contribution in [0.25, 0.3) is 0 Å². The molecule has 2 heterocycles. The Balaban J connectivity index is 1.47. The van der Waals surface area contributed by atoms with Gasteiger partial charge >= 0.3 is 0 Å². The molecule has 6 heteroatoms. The van der Waals surface area contributed by atoms with Gasteiger partial charge in [-0.05, 0) is 24.6 Å². The Morgan fingerprint density at radius 1 is 1.39 bits per heavy atom. The summed E-state index contributed by atoms with van der Waals surface area (Å²) in [4.78, 5) is 18.4. The van der Waals surface area contributed by atoms with Gasteiger partial charge in [-0.15, -0.1) is 0 Å². The summed E-state index contributed by atoms with van der Waals surface area (Å²) >= 11 is 0. The van der Waals surface area contributed by atoms with Gasteiger partial charge in [0, 0.05) is 32.4 Å². The molecule has 1 aliphatic rings. The highest BCUT2D eigenvalue weighted by atomic mass is 16.5. The summed E-state index contributed by atoms with van der Waals surface area (Å²) in [5.74, 6) is 0.878. The van der Waals surface area contributed by atoms with Gasteiger partial charge in [-0.1, -0.05) is 12.1 Å². The third kappa shape index (κ3) is 4.10. The largest absolute Gasteiger partial charge is 0.494 e. The maximum Gasteiger partial charge on any atom is 0.234 e. The number of aromatic nitrogens is 2. The summed E-state index contributed by atoms with van der Waals surface area (Å²) in [6.07, 6.45) is 3.71. The van der Waals surface area contributed by atoms with E-state index in [1.54, 1.807) is 0 Å². The molecule has 1 amide bonds. The molecule has 1 aromatic heterocycles. The molecule has 1 aromatic carbocycles. The van der Waals surface area contributed by atoms with E-state index in [-0.39, 0.29) is 5.91 Å². The number of ether oxygens (including phenoxy) is 1.